The van der Waals surface area contributed by atoms with E-state index in [1.54, 1.807) is 36.1 Å². The molecule has 7 nitrogen and oxygen atoms in total. The van der Waals surface area contributed by atoms with Crippen molar-refractivity contribution >= 4 is 34.2 Å². The van der Waals surface area contributed by atoms with Gasteiger partial charge in [0.2, 0.25) is 5.95 Å². The number of hydrogen-bond acceptors (Lipinski definition) is 6. The maximum atomic E-state index is 10.1. The number of benzene rings is 1. The van der Waals surface area contributed by atoms with E-state index >= 15 is 0 Å². The van der Waals surface area contributed by atoms with Gasteiger partial charge in [-0.05, 0) is 25.1 Å². The second kappa shape index (κ2) is 5.31. The van der Waals surface area contributed by atoms with Crippen molar-refractivity contribution in [3.63, 3.8) is 0 Å². The third-order valence-electron chi connectivity index (χ3n) is 3.99. The molecule has 24 heavy (non-hydrogen) atoms. The number of phenols is 1. The SMILES string of the molecule is CNc1ncc2cc(-c3c(Cl)ccc(O)c3C)c3nncn3c2n1. The molecule has 0 spiro atoms. The van der Waals surface area contributed by atoms with Gasteiger partial charge in [0.05, 0.1) is 0 Å². The zero-order valence-electron chi connectivity index (χ0n) is 12.9. The van der Waals surface area contributed by atoms with Gasteiger partial charge in [0, 0.05) is 40.3 Å². The van der Waals surface area contributed by atoms with Crippen LogP contribution in [-0.2, 0) is 0 Å². The molecule has 8 heteroatoms. The Labute approximate surface area is 142 Å². The van der Waals surface area contributed by atoms with Crippen LogP contribution in [0.2, 0.25) is 5.02 Å². The minimum absolute atomic E-state index is 0.175. The molecule has 0 unspecified atom stereocenters. The zero-order valence-corrected chi connectivity index (χ0v) is 13.7. The first-order valence-corrected chi connectivity index (χ1v) is 7.63. The van der Waals surface area contributed by atoms with Crippen molar-refractivity contribution in [1.29, 1.82) is 0 Å². The van der Waals surface area contributed by atoms with E-state index in [9.17, 15) is 5.11 Å². The van der Waals surface area contributed by atoms with Crippen LogP contribution < -0.4 is 5.32 Å². The molecule has 0 aliphatic rings. The number of hydrogen-bond donors (Lipinski definition) is 2. The van der Waals surface area contributed by atoms with Crippen LogP contribution in [0.1, 0.15) is 5.56 Å². The molecule has 3 aromatic heterocycles. The van der Waals surface area contributed by atoms with Gasteiger partial charge in [-0.15, -0.1) is 10.2 Å². The molecule has 0 saturated heterocycles. The quantitative estimate of drug-likeness (QED) is 0.583. The second-order valence-electron chi connectivity index (χ2n) is 5.37. The monoisotopic (exact) mass is 340 g/mol. The van der Waals surface area contributed by atoms with Crippen molar-refractivity contribution in [1.82, 2.24) is 24.6 Å². The fourth-order valence-electron chi connectivity index (χ4n) is 2.77. The molecule has 0 bridgehead atoms. The molecule has 2 N–H and O–H groups in total. The number of nitrogens with one attached hydrogen (secondary N) is 1. The van der Waals surface area contributed by atoms with Gasteiger partial charge in [-0.25, -0.2) is 4.98 Å². The predicted octanol–water partition coefficient (Wildman–Crippen LogP) is 3.05. The van der Waals surface area contributed by atoms with E-state index in [-0.39, 0.29) is 5.75 Å². The van der Waals surface area contributed by atoms with Crippen molar-refractivity contribution < 1.29 is 5.11 Å². The first kappa shape index (κ1) is 14.6. The first-order valence-electron chi connectivity index (χ1n) is 7.26. The number of rotatable bonds is 2. The van der Waals surface area contributed by atoms with Crippen LogP contribution in [0.5, 0.6) is 5.75 Å². The predicted molar refractivity (Wildman–Crippen MR) is 92.5 cm³/mol. The number of pyridine rings is 1. The van der Waals surface area contributed by atoms with Crippen LogP contribution >= 0.6 is 11.6 Å². The molecule has 0 radical (unpaired) electrons. The number of halogens is 1. The van der Waals surface area contributed by atoms with E-state index in [2.05, 4.69) is 25.5 Å². The highest BCUT2D eigenvalue weighted by molar-refractivity contribution is 6.34. The van der Waals surface area contributed by atoms with Crippen LogP contribution in [0.3, 0.4) is 0 Å². The Morgan fingerprint density at radius 2 is 2.08 bits per heavy atom. The average Bonchev–Trinajstić information content (AvgIpc) is 3.08. The van der Waals surface area contributed by atoms with Crippen molar-refractivity contribution in [2.24, 2.45) is 0 Å². The lowest BCUT2D eigenvalue weighted by molar-refractivity contribution is 0.471. The summed E-state index contributed by atoms with van der Waals surface area (Å²) >= 11 is 6.39. The van der Waals surface area contributed by atoms with Crippen LogP contribution in [0, 0.1) is 6.92 Å². The molecule has 0 fully saturated rings. The highest BCUT2D eigenvalue weighted by Gasteiger charge is 2.17. The van der Waals surface area contributed by atoms with Gasteiger partial charge in [-0.2, -0.15) is 4.98 Å². The summed E-state index contributed by atoms with van der Waals surface area (Å²) in [6, 6.07) is 5.15. The summed E-state index contributed by atoms with van der Waals surface area (Å²) in [5.74, 6) is 0.686. The topological polar surface area (TPSA) is 88.2 Å². The smallest absolute Gasteiger partial charge is 0.224 e. The third-order valence-corrected chi connectivity index (χ3v) is 4.31. The van der Waals surface area contributed by atoms with Crippen molar-refractivity contribution in [3.8, 4) is 16.9 Å². The van der Waals surface area contributed by atoms with Crippen LogP contribution in [-0.4, -0.2) is 36.7 Å². The molecule has 0 aliphatic carbocycles. The van der Waals surface area contributed by atoms with Gasteiger partial charge in [0.1, 0.15) is 12.1 Å². The molecule has 0 aliphatic heterocycles. The summed E-state index contributed by atoms with van der Waals surface area (Å²) in [7, 11) is 1.76. The molecular formula is C16H13ClN6O. The Hall–Kier alpha value is -2.93. The lowest BCUT2D eigenvalue weighted by Crippen LogP contribution is -2.00. The molecule has 0 amide bonds. The van der Waals surface area contributed by atoms with Gasteiger partial charge < -0.3 is 10.4 Å². The summed E-state index contributed by atoms with van der Waals surface area (Å²) in [6.07, 6.45) is 3.32. The fraction of sp³-hybridized carbons (Fsp3) is 0.125. The highest BCUT2D eigenvalue weighted by atomic mass is 35.5. The Morgan fingerprint density at radius 3 is 2.88 bits per heavy atom. The summed E-state index contributed by atoms with van der Waals surface area (Å²) in [6.45, 7) is 1.81. The van der Waals surface area contributed by atoms with Gasteiger partial charge in [-0.1, -0.05) is 11.6 Å². The van der Waals surface area contributed by atoms with E-state index < -0.39 is 0 Å². The standard InChI is InChI=1S/C16H13ClN6O/c1-8-12(24)4-3-11(17)13(8)10-5-9-6-19-16(18-2)21-14(9)23-7-20-22-15(10)23/h3-7,24H,1-2H3,(H,18,19,21). The van der Waals surface area contributed by atoms with E-state index in [1.165, 1.54) is 0 Å². The van der Waals surface area contributed by atoms with Crippen LogP contribution in [0.25, 0.3) is 27.8 Å². The van der Waals surface area contributed by atoms with Crippen LogP contribution in [0.15, 0.2) is 30.7 Å². The van der Waals surface area contributed by atoms with E-state index in [0.717, 1.165) is 10.9 Å². The Bertz CT molecular complexity index is 1090. The van der Waals surface area contributed by atoms with Crippen LogP contribution in [0.4, 0.5) is 5.95 Å². The summed E-state index contributed by atoms with van der Waals surface area (Å²) in [4.78, 5) is 8.72. The van der Waals surface area contributed by atoms with E-state index in [1.807, 2.05) is 13.0 Å². The summed E-state index contributed by atoms with van der Waals surface area (Å²) < 4.78 is 1.78. The first-order chi connectivity index (χ1) is 11.6. The Morgan fingerprint density at radius 1 is 1.25 bits per heavy atom. The fourth-order valence-corrected chi connectivity index (χ4v) is 3.08. The number of anilines is 1. The molecule has 0 atom stereocenters. The molecule has 0 saturated carbocycles. The average molecular weight is 341 g/mol. The van der Waals surface area contributed by atoms with Gasteiger partial charge in [0.25, 0.3) is 0 Å². The minimum Gasteiger partial charge on any atom is -0.508 e. The van der Waals surface area contributed by atoms with E-state index in [4.69, 9.17) is 11.6 Å². The van der Waals surface area contributed by atoms with Crippen molar-refractivity contribution in [2.45, 2.75) is 6.92 Å². The number of aromatic hydroxyl groups is 1. The molecule has 120 valence electrons. The third kappa shape index (κ3) is 2.05. The molecule has 3 heterocycles. The zero-order chi connectivity index (χ0) is 16.8. The van der Waals surface area contributed by atoms with Crippen molar-refractivity contribution in [3.05, 3.63) is 41.3 Å². The number of phenolic OH excluding ortho intramolecular Hbond substituents is 1. The highest BCUT2D eigenvalue weighted by Crippen LogP contribution is 2.38. The molecule has 4 rings (SSSR count). The van der Waals surface area contributed by atoms with Gasteiger partial charge in [0.15, 0.2) is 11.3 Å². The maximum Gasteiger partial charge on any atom is 0.224 e. The molecule has 4 aromatic rings. The van der Waals surface area contributed by atoms with E-state index in [0.29, 0.717) is 33.4 Å². The number of aromatic nitrogens is 5. The lowest BCUT2D eigenvalue weighted by Gasteiger charge is -2.12. The van der Waals surface area contributed by atoms with Gasteiger partial charge >= 0.3 is 0 Å². The summed E-state index contributed by atoms with van der Waals surface area (Å²) in [5.41, 5.74) is 3.46. The maximum absolute atomic E-state index is 10.1. The van der Waals surface area contributed by atoms with Crippen molar-refractivity contribution in [2.75, 3.05) is 12.4 Å². The number of nitrogens with zero attached hydrogens (tertiary/aromatic N) is 5. The number of fused-ring (bicyclic) bond motifs is 3. The molecule has 1 aromatic carbocycles. The largest absolute Gasteiger partial charge is 0.508 e. The molecular weight excluding hydrogens is 328 g/mol. The summed E-state index contributed by atoms with van der Waals surface area (Å²) in [5, 5.41) is 22.5. The normalized spacial score (nSPS) is 11.3. The van der Waals surface area contributed by atoms with Gasteiger partial charge in [-0.3, -0.25) is 4.40 Å². The lowest BCUT2D eigenvalue weighted by atomic mass is 10.00. The minimum atomic E-state index is 0.175. The Balaban J connectivity index is 2.13. The second-order valence-corrected chi connectivity index (χ2v) is 5.78. The Kier molecular flexibility index (Phi) is 3.24.